The highest BCUT2D eigenvalue weighted by Crippen LogP contribution is 2.31. The molecule has 0 aliphatic heterocycles. The Hall–Kier alpha value is -2.88. The number of alkyl halides is 3. The summed E-state index contributed by atoms with van der Waals surface area (Å²) in [5.41, 5.74) is 5.89. The van der Waals surface area contributed by atoms with E-state index in [-0.39, 0.29) is 23.1 Å². The van der Waals surface area contributed by atoms with Gasteiger partial charge >= 0.3 is 6.18 Å². The number of hydrogen-bond acceptors (Lipinski definition) is 6. The van der Waals surface area contributed by atoms with Gasteiger partial charge in [0, 0.05) is 16.5 Å². The Labute approximate surface area is 150 Å². The number of aromatic nitrogens is 2. The zero-order valence-electron chi connectivity index (χ0n) is 13.4. The van der Waals surface area contributed by atoms with Gasteiger partial charge in [-0.15, -0.1) is 0 Å². The van der Waals surface area contributed by atoms with Gasteiger partial charge in [0.2, 0.25) is 11.9 Å². The number of rotatable bonds is 5. The molecule has 0 bridgehead atoms. The zero-order valence-corrected chi connectivity index (χ0v) is 14.2. The van der Waals surface area contributed by atoms with E-state index in [2.05, 4.69) is 15.3 Å². The minimum Gasteiger partial charge on any atom is -0.381 e. The molecule has 0 saturated carbocycles. The largest absolute Gasteiger partial charge is 0.416 e. The van der Waals surface area contributed by atoms with Crippen LogP contribution in [-0.4, -0.2) is 16.0 Å². The van der Waals surface area contributed by atoms with Crippen molar-refractivity contribution >= 4 is 17.2 Å². The Morgan fingerprint density at radius 2 is 2.15 bits per heavy atom. The van der Waals surface area contributed by atoms with Crippen LogP contribution in [0.1, 0.15) is 30.0 Å². The van der Waals surface area contributed by atoms with E-state index in [0.717, 1.165) is 17.7 Å². The van der Waals surface area contributed by atoms with Gasteiger partial charge in [-0.25, -0.2) is 0 Å². The van der Waals surface area contributed by atoms with Gasteiger partial charge in [-0.2, -0.15) is 29.5 Å². The highest BCUT2D eigenvalue weighted by molar-refractivity contribution is 7.08. The summed E-state index contributed by atoms with van der Waals surface area (Å²) in [5.74, 6) is 0.284. The topological polar surface area (TPSA) is 86.5 Å². The molecule has 0 aliphatic carbocycles. The lowest BCUT2D eigenvalue weighted by molar-refractivity contribution is -0.137. The summed E-state index contributed by atoms with van der Waals surface area (Å²) in [6.07, 6.45) is -5.17. The highest BCUT2D eigenvalue weighted by atomic mass is 32.1. The quantitative estimate of drug-likeness (QED) is 0.406. The summed E-state index contributed by atoms with van der Waals surface area (Å²) in [7, 11) is 0. The van der Waals surface area contributed by atoms with Gasteiger partial charge in [-0.05, 0) is 30.5 Å². The lowest BCUT2D eigenvalue weighted by Gasteiger charge is -2.06. The lowest BCUT2D eigenvalue weighted by Crippen LogP contribution is -2.13. The second kappa shape index (κ2) is 7.16. The molecule has 1 unspecified atom stereocenters. The van der Waals surface area contributed by atoms with Crippen molar-refractivity contribution in [2.24, 2.45) is 10.9 Å². The second-order valence-corrected chi connectivity index (χ2v) is 6.05. The van der Waals surface area contributed by atoms with E-state index in [1.807, 2.05) is 10.8 Å². The van der Waals surface area contributed by atoms with Crippen LogP contribution in [0.3, 0.4) is 0 Å². The molecule has 2 aromatic heterocycles. The molecule has 0 saturated heterocycles. The predicted octanol–water partition coefficient (Wildman–Crippen LogP) is 4.22. The molecule has 2 N–H and O–H groups in total. The molecule has 136 valence electrons. The van der Waals surface area contributed by atoms with Crippen LogP contribution in [0.25, 0.3) is 11.4 Å². The Morgan fingerprint density at radius 3 is 2.85 bits per heavy atom. The number of thiophene rings is 1. The predicted molar refractivity (Wildman–Crippen MR) is 89.3 cm³/mol. The third-order valence-electron chi connectivity index (χ3n) is 3.36. The normalized spacial score (nSPS) is 13.6. The minimum atomic E-state index is -4.45. The van der Waals surface area contributed by atoms with E-state index in [4.69, 9.17) is 15.1 Å². The molecular formula is C16H13F3N4O2S. The third kappa shape index (κ3) is 4.02. The van der Waals surface area contributed by atoms with Crippen molar-refractivity contribution in [1.29, 1.82) is 0 Å². The van der Waals surface area contributed by atoms with Crippen molar-refractivity contribution < 1.29 is 22.5 Å². The number of halogens is 3. The van der Waals surface area contributed by atoms with E-state index in [1.165, 1.54) is 23.5 Å². The molecule has 0 spiro atoms. The maximum absolute atomic E-state index is 12.8. The molecule has 6 nitrogen and oxygen atoms in total. The molecule has 10 heteroatoms. The maximum atomic E-state index is 12.8. The van der Waals surface area contributed by atoms with Crippen LogP contribution in [0.5, 0.6) is 0 Å². The first-order valence-electron chi connectivity index (χ1n) is 7.37. The molecule has 1 atom stereocenters. The van der Waals surface area contributed by atoms with E-state index in [1.54, 1.807) is 13.0 Å². The Bertz CT molecular complexity index is 906. The van der Waals surface area contributed by atoms with Gasteiger partial charge < -0.3 is 15.1 Å². The second-order valence-electron chi connectivity index (χ2n) is 5.27. The van der Waals surface area contributed by atoms with Crippen LogP contribution in [0.2, 0.25) is 0 Å². The molecule has 3 aromatic rings. The van der Waals surface area contributed by atoms with Crippen molar-refractivity contribution in [2.45, 2.75) is 19.2 Å². The minimum absolute atomic E-state index is 0.0244. The number of nitrogens with two attached hydrogens (primary N) is 1. The van der Waals surface area contributed by atoms with E-state index in [0.29, 0.717) is 0 Å². The van der Waals surface area contributed by atoms with Gasteiger partial charge in [0.1, 0.15) is 0 Å². The first-order valence-corrected chi connectivity index (χ1v) is 8.32. The summed E-state index contributed by atoms with van der Waals surface area (Å²) in [6, 6.07) is 6.45. The summed E-state index contributed by atoms with van der Waals surface area (Å²) in [5, 5.41) is 11.2. The van der Waals surface area contributed by atoms with E-state index < -0.39 is 17.8 Å². The van der Waals surface area contributed by atoms with Gasteiger partial charge in [0.25, 0.3) is 5.89 Å². The van der Waals surface area contributed by atoms with Crippen molar-refractivity contribution in [2.75, 3.05) is 0 Å². The van der Waals surface area contributed by atoms with Gasteiger partial charge in [0.05, 0.1) is 5.56 Å². The molecular weight excluding hydrogens is 369 g/mol. The van der Waals surface area contributed by atoms with Crippen molar-refractivity contribution in [3.63, 3.8) is 0 Å². The van der Waals surface area contributed by atoms with Crippen LogP contribution in [-0.2, 0) is 11.0 Å². The first-order chi connectivity index (χ1) is 12.3. The number of amidine groups is 1. The van der Waals surface area contributed by atoms with Crippen molar-refractivity contribution in [3.05, 3.63) is 58.1 Å². The molecule has 2 heterocycles. The lowest BCUT2D eigenvalue weighted by atomic mass is 10.1. The fourth-order valence-electron chi connectivity index (χ4n) is 2.00. The number of oxime groups is 1. The molecule has 0 fully saturated rings. The Balaban J connectivity index is 1.74. The van der Waals surface area contributed by atoms with Crippen LogP contribution < -0.4 is 5.73 Å². The number of benzene rings is 1. The Kier molecular flexibility index (Phi) is 4.94. The average Bonchev–Trinajstić information content (AvgIpc) is 3.30. The van der Waals surface area contributed by atoms with Crippen LogP contribution >= 0.6 is 11.3 Å². The molecule has 0 radical (unpaired) electrons. The SMILES string of the molecule is CC(ON=C(N)c1ccsc1)c1nc(-c2cccc(C(F)(F)F)c2)no1. The molecule has 1 aromatic carbocycles. The number of nitrogens with zero attached hydrogens (tertiary/aromatic N) is 3. The fraction of sp³-hybridized carbons (Fsp3) is 0.188. The maximum Gasteiger partial charge on any atom is 0.416 e. The zero-order chi connectivity index (χ0) is 18.7. The van der Waals surface area contributed by atoms with Crippen molar-refractivity contribution in [1.82, 2.24) is 10.1 Å². The average molecular weight is 382 g/mol. The number of hydrogen-bond donors (Lipinski definition) is 1. The first kappa shape index (κ1) is 17.9. The molecule has 0 amide bonds. The van der Waals surface area contributed by atoms with E-state index in [9.17, 15) is 13.2 Å². The monoisotopic (exact) mass is 382 g/mol. The van der Waals surface area contributed by atoms with Gasteiger partial charge in [0.15, 0.2) is 5.84 Å². The molecule has 0 aliphatic rings. The van der Waals surface area contributed by atoms with E-state index >= 15 is 0 Å². The fourth-order valence-corrected chi connectivity index (χ4v) is 2.65. The van der Waals surface area contributed by atoms with Gasteiger partial charge in [-0.3, -0.25) is 0 Å². The standard InChI is InChI=1S/C16H13F3N4O2S/c1-9(24-22-13(20)11-5-6-26-8-11)15-21-14(23-25-15)10-3-2-4-12(7-10)16(17,18)19/h2-9H,1H3,(H2,20,22). The van der Waals surface area contributed by atoms with Crippen LogP contribution in [0.4, 0.5) is 13.2 Å². The van der Waals surface area contributed by atoms with Crippen LogP contribution in [0, 0.1) is 0 Å². The van der Waals surface area contributed by atoms with Crippen molar-refractivity contribution in [3.8, 4) is 11.4 Å². The van der Waals surface area contributed by atoms with Crippen LogP contribution in [0.15, 0.2) is 50.8 Å². The third-order valence-corrected chi connectivity index (χ3v) is 4.05. The highest BCUT2D eigenvalue weighted by Gasteiger charge is 2.31. The Morgan fingerprint density at radius 1 is 1.35 bits per heavy atom. The smallest absolute Gasteiger partial charge is 0.381 e. The summed E-state index contributed by atoms with van der Waals surface area (Å²) >= 11 is 1.46. The molecule has 26 heavy (non-hydrogen) atoms. The summed E-state index contributed by atoms with van der Waals surface area (Å²) in [6.45, 7) is 1.60. The summed E-state index contributed by atoms with van der Waals surface area (Å²) < 4.78 is 43.5. The molecule has 3 rings (SSSR count). The van der Waals surface area contributed by atoms with Gasteiger partial charge in [-0.1, -0.05) is 22.4 Å². The summed E-state index contributed by atoms with van der Waals surface area (Å²) in [4.78, 5) is 9.30.